The Kier molecular flexibility index (Phi) is 4.19. The summed E-state index contributed by atoms with van der Waals surface area (Å²) in [6.45, 7) is 2.51. The highest BCUT2D eigenvalue weighted by Gasteiger charge is 2.36. The van der Waals surface area contributed by atoms with Crippen LogP contribution in [0.2, 0.25) is 0 Å². The average Bonchev–Trinajstić information content (AvgIpc) is 3.02. The first-order valence-electron chi connectivity index (χ1n) is 7.77. The van der Waals surface area contributed by atoms with E-state index in [1.165, 1.54) is 4.31 Å². The van der Waals surface area contributed by atoms with Gasteiger partial charge in [-0.2, -0.15) is 4.31 Å². The van der Waals surface area contributed by atoms with Crippen LogP contribution >= 0.6 is 0 Å². The fraction of sp³-hybridized carbons (Fsp3) is 0.471. The molecule has 0 N–H and O–H groups in total. The van der Waals surface area contributed by atoms with E-state index >= 15 is 0 Å². The number of carbonyl (C=O) groups excluding carboxylic acids is 1. The number of piperidine rings is 1. The molecule has 0 amide bonds. The van der Waals surface area contributed by atoms with Gasteiger partial charge in [0.15, 0.2) is 0 Å². The third-order valence-electron chi connectivity index (χ3n) is 4.56. The van der Waals surface area contributed by atoms with Gasteiger partial charge in [-0.05, 0) is 38.3 Å². The zero-order valence-electron chi connectivity index (χ0n) is 12.8. The SMILES string of the molecule is Cc1ccc(S(=O)(=O)N2CCC(=O)C(C3=CCCC3)C2)cc1. The van der Waals surface area contributed by atoms with Crippen molar-refractivity contribution in [2.24, 2.45) is 5.92 Å². The predicted octanol–water partition coefficient (Wildman–Crippen LogP) is 2.69. The zero-order valence-corrected chi connectivity index (χ0v) is 13.6. The summed E-state index contributed by atoms with van der Waals surface area (Å²) in [5.74, 6) is -0.0556. The molecule has 1 atom stereocenters. The van der Waals surface area contributed by atoms with Gasteiger partial charge in [0, 0.05) is 19.5 Å². The Hall–Kier alpha value is -1.46. The highest BCUT2D eigenvalue weighted by Crippen LogP contribution is 2.31. The molecule has 22 heavy (non-hydrogen) atoms. The Balaban J connectivity index is 1.84. The molecule has 0 aromatic heterocycles. The minimum Gasteiger partial charge on any atom is -0.299 e. The maximum absolute atomic E-state index is 12.8. The monoisotopic (exact) mass is 319 g/mol. The van der Waals surface area contributed by atoms with Crippen LogP contribution in [0.3, 0.4) is 0 Å². The van der Waals surface area contributed by atoms with E-state index in [1.807, 2.05) is 6.92 Å². The van der Waals surface area contributed by atoms with Crippen LogP contribution in [-0.4, -0.2) is 31.6 Å². The number of benzene rings is 1. The summed E-state index contributed by atoms with van der Waals surface area (Å²) in [5.41, 5.74) is 2.16. The van der Waals surface area contributed by atoms with Crippen molar-refractivity contribution in [1.29, 1.82) is 0 Å². The number of aryl methyl sites for hydroxylation is 1. The summed E-state index contributed by atoms with van der Waals surface area (Å²) in [5, 5.41) is 0. The molecule has 5 heteroatoms. The normalized spacial score (nSPS) is 23.6. The molecule has 1 heterocycles. The van der Waals surface area contributed by atoms with E-state index in [0.717, 1.165) is 30.4 Å². The maximum atomic E-state index is 12.8. The van der Waals surface area contributed by atoms with Crippen LogP contribution in [0.5, 0.6) is 0 Å². The molecular formula is C17H21NO3S. The first-order chi connectivity index (χ1) is 10.5. The molecule has 1 aliphatic heterocycles. The number of hydrogen-bond acceptors (Lipinski definition) is 3. The lowest BCUT2D eigenvalue weighted by Crippen LogP contribution is -2.44. The van der Waals surface area contributed by atoms with Crippen molar-refractivity contribution in [2.75, 3.05) is 13.1 Å². The molecule has 118 valence electrons. The van der Waals surface area contributed by atoms with Gasteiger partial charge >= 0.3 is 0 Å². The summed E-state index contributed by atoms with van der Waals surface area (Å²) in [7, 11) is -3.51. The van der Waals surface area contributed by atoms with Gasteiger partial charge in [-0.15, -0.1) is 0 Å². The molecular weight excluding hydrogens is 298 g/mol. The van der Waals surface area contributed by atoms with Crippen LogP contribution in [0.15, 0.2) is 40.8 Å². The lowest BCUT2D eigenvalue weighted by atomic mass is 9.90. The molecule has 1 unspecified atom stereocenters. The Bertz CT molecular complexity index is 704. The van der Waals surface area contributed by atoms with E-state index in [0.29, 0.717) is 24.4 Å². The van der Waals surface area contributed by atoms with Gasteiger partial charge in [-0.25, -0.2) is 8.42 Å². The summed E-state index contributed by atoms with van der Waals surface area (Å²) in [4.78, 5) is 12.5. The highest BCUT2D eigenvalue weighted by molar-refractivity contribution is 7.89. The first kappa shape index (κ1) is 15.4. The second-order valence-corrected chi connectivity index (χ2v) is 8.05. The van der Waals surface area contributed by atoms with Crippen molar-refractivity contribution in [3.63, 3.8) is 0 Å². The number of rotatable bonds is 3. The lowest BCUT2D eigenvalue weighted by Gasteiger charge is -2.31. The number of carbonyl (C=O) groups is 1. The third-order valence-corrected chi connectivity index (χ3v) is 6.44. The minimum absolute atomic E-state index is 0.184. The predicted molar refractivity (Wildman–Crippen MR) is 85.0 cm³/mol. The molecule has 4 nitrogen and oxygen atoms in total. The Morgan fingerprint density at radius 3 is 2.50 bits per heavy atom. The van der Waals surface area contributed by atoms with Crippen LogP contribution in [0.1, 0.15) is 31.2 Å². The van der Waals surface area contributed by atoms with Crippen molar-refractivity contribution in [2.45, 2.75) is 37.5 Å². The molecule has 0 saturated carbocycles. The average molecular weight is 319 g/mol. The molecule has 1 aromatic rings. The molecule has 1 saturated heterocycles. The summed E-state index contributed by atoms with van der Waals surface area (Å²) in [6, 6.07) is 6.90. The summed E-state index contributed by atoms with van der Waals surface area (Å²) >= 11 is 0. The van der Waals surface area contributed by atoms with E-state index in [2.05, 4.69) is 6.08 Å². The van der Waals surface area contributed by atoms with Gasteiger partial charge in [0.2, 0.25) is 10.0 Å². The van der Waals surface area contributed by atoms with E-state index in [1.54, 1.807) is 24.3 Å². The van der Waals surface area contributed by atoms with E-state index in [-0.39, 0.29) is 11.7 Å². The maximum Gasteiger partial charge on any atom is 0.243 e. The van der Waals surface area contributed by atoms with Crippen LogP contribution in [0.25, 0.3) is 0 Å². The second-order valence-electron chi connectivity index (χ2n) is 6.12. The fourth-order valence-corrected chi connectivity index (χ4v) is 4.67. The topological polar surface area (TPSA) is 54.5 Å². The van der Waals surface area contributed by atoms with Gasteiger partial charge < -0.3 is 0 Å². The van der Waals surface area contributed by atoms with Gasteiger partial charge in [0.25, 0.3) is 0 Å². The summed E-state index contributed by atoms with van der Waals surface area (Å²) in [6.07, 6.45) is 5.43. The van der Waals surface area contributed by atoms with E-state index in [9.17, 15) is 13.2 Å². The standard InChI is InChI=1S/C17H21NO3S/c1-13-6-8-15(9-7-13)22(20,21)18-11-10-17(19)16(12-18)14-4-2-3-5-14/h4,6-9,16H,2-3,5,10-12H2,1H3. The minimum atomic E-state index is -3.51. The Morgan fingerprint density at radius 2 is 1.86 bits per heavy atom. The Labute approximate surface area is 131 Å². The number of sulfonamides is 1. The van der Waals surface area contributed by atoms with Gasteiger partial charge in [-0.1, -0.05) is 29.3 Å². The van der Waals surface area contributed by atoms with Crippen molar-refractivity contribution >= 4 is 15.8 Å². The molecule has 0 radical (unpaired) electrons. The van der Waals surface area contributed by atoms with Crippen molar-refractivity contribution < 1.29 is 13.2 Å². The van der Waals surface area contributed by atoms with Crippen LogP contribution < -0.4 is 0 Å². The lowest BCUT2D eigenvalue weighted by molar-refractivity contribution is -0.123. The van der Waals surface area contributed by atoms with Crippen LogP contribution in [0, 0.1) is 12.8 Å². The third kappa shape index (κ3) is 2.88. The largest absolute Gasteiger partial charge is 0.299 e. The number of hydrogen-bond donors (Lipinski definition) is 0. The number of nitrogens with zero attached hydrogens (tertiary/aromatic N) is 1. The second kappa shape index (κ2) is 5.97. The zero-order chi connectivity index (χ0) is 15.7. The van der Waals surface area contributed by atoms with E-state index < -0.39 is 10.0 Å². The highest BCUT2D eigenvalue weighted by atomic mass is 32.2. The van der Waals surface area contributed by atoms with Gasteiger partial charge in [-0.3, -0.25) is 4.79 Å². The van der Waals surface area contributed by atoms with Gasteiger partial charge in [0.1, 0.15) is 5.78 Å². The molecule has 3 rings (SSSR count). The molecule has 2 aliphatic rings. The van der Waals surface area contributed by atoms with E-state index in [4.69, 9.17) is 0 Å². The van der Waals surface area contributed by atoms with Crippen LogP contribution in [0.4, 0.5) is 0 Å². The molecule has 0 spiro atoms. The number of allylic oxidation sites excluding steroid dienone is 1. The number of Topliss-reactive ketones (excluding diaryl/α,β-unsaturated/α-hetero) is 1. The first-order valence-corrected chi connectivity index (χ1v) is 9.21. The smallest absolute Gasteiger partial charge is 0.243 e. The Morgan fingerprint density at radius 1 is 1.14 bits per heavy atom. The van der Waals surface area contributed by atoms with Crippen molar-refractivity contribution in [1.82, 2.24) is 4.31 Å². The summed E-state index contributed by atoms with van der Waals surface area (Å²) < 4.78 is 27.0. The molecule has 0 bridgehead atoms. The quantitative estimate of drug-likeness (QED) is 0.805. The van der Waals surface area contributed by atoms with Crippen molar-refractivity contribution in [3.05, 3.63) is 41.5 Å². The molecule has 1 fully saturated rings. The fourth-order valence-electron chi connectivity index (χ4n) is 3.22. The number of ketones is 1. The van der Waals surface area contributed by atoms with Gasteiger partial charge in [0.05, 0.1) is 10.8 Å². The molecule has 1 aliphatic carbocycles. The van der Waals surface area contributed by atoms with Crippen LogP contribution in [-0.2, 0) is 14.8 Å². The molecule has 1 aromatic carbocycles. The van der Waals surface area contributed by atoms with Crippen molar-refractivity contribution in [3.8, 4) is 0 Å².